The summed E-state index contributed by atoms with van der Waals surface area (Å²) in [6.07, 6.45) is 3.82. The second kappa shape index (κ2) is 8.98. The van der Waals surface area contributed by atoms with Crippen molar-refractivity contribution in [2.24, 2.45) is 0 Å². The second-order valence-electron chi connectivity index (χ2n) is 10.6. The van der Waals surface area contributed by atoms with Gasteiger partial charge in [0.1, 0.15) is 0 Å². The van der Waals surface area contributed by atoms with Gasteiger partial charge in [-0.15, -0.1) is 0 Å². The van der Waals surface area contributed by atoms with E-state index in [2.05, 4.69) is 156 Å². The fourth-order valence-corrected chi connectivity index (χ4v) is 12.5. The molecular formula is C36H23N4PSe. The van der Waals surface area contributed by atoms with Gasteiger partial charge in [0.2, 0.25) is 0 Å². The number of benzene rings is 5. The van der Waals surface area contributed by atoms with Crippen LogP contribution in [0, 0.1) is 0 Å². The molecule has 0 aliphatic carbocycles. The summed E-state index contributed by atoms with van der Waals surface area (Å²) in [5.74, 6) is 0. The average molecular weight is 622 g/mol. The van der Waals surface area contributed by atoms with Gasteiger partial charge >= 0.3 is 250 Å². The summed E-state index contributed by atoms with van der Waals surface area (Å²) in [5.41, 5.74) is 4.26. The molecule has 0 saturated heterocycles. The molecule has 0 aliphatic rings. The number of aromatic nitrogens is 4. The number of imidazole rings is 1. The van der Waals surface area contributed by atoms with Crippen molar-refractivity contribution in [2.75, 3.05) is 0 Å². The normalized spacial score (nSPS) is 13.5. The quantitative estimate of drug-likeness (QED) is 0.115. The molecule has 0 amide bonds. The van der Waals surface area contributed by atoms with E-state index in [1.807, 2.05) is 12.4 Å². The molecule has 198 valence electrons. The Hall–Kier alpha value is -4.53. The SMILES string of the molecule is [Se]=P(c1ccncc1)(c1cccc2nc3c4ccccc4c4ccccc4n3c12)n1c2ccccc2c2ccccc21. The fourth-order valence-electron chi connectivity index (χ4n) is 6.69. The molecule has 0 fully saturated rings. The van der Waals surface area contributed by atoms with Crippen molar-refractivity contribution in [1.82, 2.24) is 18.7 Å². The minimum absolute atomic E-state index is 0.982. The van der Waals surface area contributed by atoms with E-state index in [1.165, 1.54) is 43.2 Å². The first kappa shape index (κ1) is 24.1. The van der Waals surface area contributed by atoms with Crippen LogP contribution >= 0.6 is 5.66 Å². The van der Waals surface area contributed by atoms with Crippen LogP contribution in [0.2, 0.25) is 0 Å². The molecule has 6 heteroatoms. The summed E-state index contributed by atoms with van der Waals surface area (Å²) in [6.45, 7) is 0. The van der Waals surface area contributed by atoms with Crippen molar-refractivity contribution < 1.29 is 0 Å². The molecule has 4 heterocycles. The van der Waals surface area contributed by atoms with Crippen LogP contribution in [0.1, 0.15) is 0 Å². The van der Waals surface area contributed by atoms with Crippen LogP contribution in [0.15, 0.2) is 140 Å². The van der Waals surface area contributed by atoms with Crippen LogP contribution in [0.5, 0.6) is 0 Å². The minimum atomic E-state index is -2.43. The van der Waals surface area contributed by atoms with Crippen LogP contribution in [-0.2, 0) is 0 Å². The number of pyridine rings is 2. The summed E-state index contributed by atoms with van der Waals surface area (Å²) in [7, 11) is 0. The summed E-state index contributed by atoms with van der Waals surface area (Å²) >= 11 is 3.85. The Bertz CT molecular complexity index is 2510. The van der Waals surface area contributed by atoms with Gasteiger partial charge in [0, 0.05) is 0 Å². The van der Waals surface area contributed by atoms with Gasteiger partial charge in [-0.25, -0.2) is 0 Å². The van der Waals surface area contributed by atoms with Crippen molar-refractivity contribution in [3.8, 4) is 0 Å². The topological polar surface area (TPSA) is 35.1 Å². The molecule has 0 saturated carbocycles. The Morgan fingerprint density at radius 1 is 0.524 bits per heavy atom. The second-order valence-corrected chi connectivity index (χ2v) is 16.5. The monoisotopic (exact) mass is 622 g/mol. The molecule has 1 unspecified atom stereocenters. The maximum atomic E-state index is 5.31. The van der Waals surface area contributed by atoms with E-state index >= 15 is 0 Å². The number of rotatable bonds is 3. The van der Waals surface area contributed by atoms with E-state index in [-0.39, 0.29) is 0 Å². The molecule has 0 bridgehead atoms. The van der Waals surface area contributed by atoms with E-state index < -0.39 is 5.66 Å². The molecule has 9 aromatic rings. The van der Waals surface area contributed by atoms with Gasteiger partial charge in [0.15, 0.2) is 0 Å². The Morgan fingerprint density at radius 3 is 1.74 bits per heavy atom. The third-order valence-electron chi connectivity index (χ3n) is 8.43. The van der Waals surface area contributed by atoms with Crippen molar-refractivity contribution in [1.29, 1.82) is 0 Å². The summed E-state index contributed by atoms with van der Waals surface area (Å²) in [6, 6.07) is 45.8. The average Bonchev–Trinajstić information content (AvgIpc) is 3.62. The van der Waals surface area contributed by atoms with Crippen LogP contribution in [0.25, 0.3) is 60.2 Å². The van der Waals surface area contributed by atoms with Crippen LogP contribution < -0.4 is 10.6 Å². The van der Waals surface area contributed by atoms with Crippen molar-refractivity contribution in [3.05, 3.63) is 140 Å². The molecule has 1 atom stereocenters. The van der Waals surface area contributed by atoms with Crippen molar-refractivity contribution >= 4 is 91.5 Å². The standard InChI is InChI=1S/C36H23N4PSe/c42-41(24-20-22-37-23-21-24,40-32-17-7-4-12-27(32)28-13-5-8-18-33(28)40)34-19-9-15-30-35(34)39-31-16-6-3-11-26(31)25-10-1-2-14-29(25)36(39)38-30/h1-23H. The molecule has 42 heavy (non-hydrogen) atoms. The number of para-hydroxylation sites is 4. The summed E-state index contributed by atoms with van der Waals surface area (Å²) in [5, 5.41) is 8.56. The molecule has 9 rings (SSSR count). The first-order valence-corrected chi connectivity index (χ1v) is 17.9. The Balaban J connectivity index is 1.54. The molecule has 0 radical (unpaired) electrons. The van der Waals surface area contributed by atoms with E-state index in [1.54, 1.807) is 0 Å². The van der Waals surface area contributed by atoms with Gasteiger partial charge in [-0.1, -0.05) is 0 Å². The zero-order valence-electron chi connectivity index (χ0n) is 22.4. The number of nitrogens with zero attached hydrogens (tertiary/aromatic N) is 4. The predicted molar refractivity (Wildman–Crippen MR) is 179 cm³/mol. The van der Waals surface area contributed by atoms with Crippen LogP contribution in [-0.4, -0.2) is 33.8 Å². The van der Waals surface area contributed by atoms with E-state index in [0.29, 0.717) is 0 Å². The van der Waals surface area contributed by atoms with Crippen LogP contribution in [0.4, 0.5) is 0 Å². The number of fused-ring (bicyclic) bond motifs is 11. The fraction of sp³-hybridized carbons (Fsp3) is 0. The first-order valence-electron chi connectivity index (χ1n) is 14.0. The molecule has 0 aliphatic heterocycles. The van der Waals surface area contributed by atoms with E-state index in [4.69, 9.17) is 4.98 Å². The van der Waals surface area contributed by atoms with Gasteiger partial charge < -0.3 is 0 Å². The molecule has 4 nitrogen and oxygen atoms in total. The third kappa shape index (κ3) is 3.16. The number of hydrogen-bond acceptors (Lipinski definition) is 2. The summed E-state index contributed by atoms with van der Waals surface area (Å²) in [4.78, 5) is 9.73. The van der Waals surface area contributed by atoms with Crippen molar-refractivity contribution in [3.63, 3.8) is 0 Å². The predicted octanol–water partition coefficient (Wildman–Crippen LogP) is 7.81. The third-order valence-corrected chi connectivity index (χ3v) is 15.0. The molecule has 5 aromatic carbocycles. The zero-order valence-corrected chi connectivity index (χ0v) is 25.0. The van der Waals surface area contributed by atoms with Gasteiger partial charge in [-0.3, -0.25) is 0 Å². The van der Waals surface area contributed by atoms with E-state index in [0.717, 1.165) is 27.6 Å². The Kier molecular flexibility index (Phi) is 5.16. The van der Waals surface area contributed by atoms with Gasteiger partial charge in [-0.05, 0) is 0 Å². The number of hydrogen-bond donors (Lipinski definition) is 0. The molecule has 4 aromatic heterocycles. The van der Waals surface area contributed by atoms with Gasteiger partial charge in [0.05, 0.1) is 0 Å². The maximum absolute atomic E-state index is 5.31. The van der Waals surface area contributed by atoms with Gasteiger partial charge in [0.25, 0.3) is 0 Å². The molecule has 0 N–H and O–H groups in total. The van der Waals surface area contributed by atoms with Crippen LogP contribution in [0.3, 0.4) is 0 Å². The van der Waals surface area contributed by atoms with Gasteiger partial charge in [-0.2, -0.15) is 0 Å². The molecule has 0 spiro atoms. The van der Waals surface area contributed by atoms with E-state index in [9.17, 15) is 0 Å². The van der Waals surface area contributed by atoms with Crippen molar-refractivity contribution in [2.45, 2.75) is 0 Å². The zero-order chi connectivity index (χ0) is 27.8. The Morgan fingerprint density at radius 2 is 1.07 bits per heavy atom. The molecular weight excluding hydrogens is 598 g/mol. The Labute approximate surface area is 249 Å². The summed E-state index contributed by atoms with van der Waals surface area (Å²) < 4.78 is 4.97. The first-order chi connectivity index (χ1) is 20.7.